The molecule has 1 aromatic carbocycles. The van der Waals surface area contributed by atoms with Crippen LogP contribution in [0.15, 0.2) is 46.4 Å². The van der Waals surface area contributed by atoms with E-state index in [0.29, 0.717) is 45.0 Å². The molecule has 7 nitrogen and oxygen atoms in total. The van der Waals surface area contributed by atoms with Crippen LogP contribution in [0.2, 0.25) is 0 Å². The van der Waals surface area contributed by atoms with Gasteiger partial charge in [-0.05, 0) is 54.8 Å². The van der Waals surface area contributed by atoms with E-state index in [1.54, 1.807) is 43.3 Å². The first-order chi connectivity index (χ1) is 15.4. The van der Waals surface area contributed by atoms with Crippen molar-refractivity contribution in [3.63, 3.8) is 0 Å². The Morgan fingerprint density at radius 2 is 1.91 bits per heavy atom. The summed E-state index contributed by atoms with van der Waals surface area (Å²) in [5, 5.41) is 19.2. The minimum atomic E-state index is -0.456. The van der Waals surface area contributed by atoms with Crippen molar-refractivity contribution in [2.75, 3.05) is 12.8 Å². The number of carbonyl (C=O) groups excluding carboxylic acids is 1. The van der Waals surface area contributed by atoms with Gasteiger partial charge in [-0.25, -0.2) is 9.78 Å². The minimum Gasteiger partial charge on any atom is -0.465 e. The van der Waals surface area contributed by atoms with Gasteiger partial charge in [0.1, 0.15) is 29.5 Å². The Morgan fingerprint density at radius 1 is 1.16 bits per heavy atom. The molecule has 0 unspecified atom stereocenters. The van der Waals surface area contributed by atoms with Gasteiger partial charge in [0.2, 0.25) is 0 Å². The molecule has 0 saturated heterocycles. The van der Waals surface area contributed by atoms with Crippen molar-refractivity contribution in [2.24, 2.45) is 0 Å². The van der Waals surface area contributed by atoms with Crippen LogP contribution in [0.1, 0.15) is 45.4 Å². The standard InChI is InChI=1S/C25H18N4O3/c1-13-18(22-14(2)20(12-27)24(28)29-23(22)19(13)11-26)10-15-8-9-21(32-15)16-6-4-5-7-17(16)25(30)31-3/h4-10H,1-3H3,(H2,28,29)/b18-10-. The van der Waals surface area contributed by atoms with E-state index in [4.69, 9.17) is 14.9 Å². The highest BCUT2D eigenvalue weighted by Gasteiger charge is 2.30. The fourth-order valence-corrected chi connectivity index (χ4v) is 3.90. The second-order valence-electron chi connectivity index (χ2n) is 7.24. The van der Waals surface area contributed by atoms with E-state index < -0.39 is 5.97 Å². The molecule has 2 aromatic heterocycles. The maximum Gasteiger partial charge on any atom is 0.338 e. The first-order valence-corrected chi connectivity index (χ1v) is 9.72. The topological polar surface area (TPSA) is 126 Å². The summed E-state index contributed by atoms with van der Waals surface area (Å²) >= 11 is 0. The Labute approximate surface area is 184 Å². The Balaban J connectivity index is 1.86. The maximum absolute atomic E-state index is 12.1. The Hall–Kier alpha value is -4.62. The summed E-state index contributed by atoms with van der Waals surface area (Å²) in [4.78, 5) is 16.4. The molecule has 0 saturated carbocycles. The lowest BCUT2D eigenvalue weighted by molar-refractivity contribution is 0.0601. The number of pyridine rings is 1. The van der Waals surface area contributed by atoms with E-state index >= 15 is 0 Å². The van der Waals surface area contributed by atoms with Gasteiger partial charge in [0.15, 0.2) is 0 Å². The zero-order valence-corrected chi connectivity index (χ0v) is 17.7. The zero-order valence-electron chi connectivity index (χ0n) is 17.7. The number of rotatable bonds is 3. The molecule has 2 heterocycles. The Morgan fingerprint density at radius 3 is 2.59 bits per heavy atom. The van der Waals surface area contributed by atoms with Gasteiger partial charge in [-0.2, -0.15) is 10.5 Å². The number of nitrogens with two attached hydrogens (primary N) is 1. The van der Waals surface area contributed by atoms with Crippen molar-refractivity contribution < 1.29 is 13.9 Å². The highest BCUT2D eigenvalue weighted by molar-refractivity contribution is 6.08. The molecular weight excluding hydrogens is 404 g/mol. The number of benzene rings is 1. The van der Waals surface area contributed by atoms with E-state index in [1.807, 2.05) is 13.0 Å². The number of methoxy groups -OCH3 is 1. The van der Waals surface area contributed by atoms with Gasteiger partial charge in [-0.1, -0.05) is 18.2 Å². The average Bonchev–Trinajstić information content (AvgIpc) is 3.36. The molecule has 4 rings (SSSR count). The maximum atomic E-state index is 12.1. The highest BCUT2D eigenvalue weighted by Crippen LogP contribution is 2.44. The van der Waals surface area contributed by atoms with E-state index in [0.717, 1.165) is 11.1 Å². The molecule has 1 aliphatic carbocycles. The van der Waals surface area contributed by atoms with E-state index in [-0.39, 0.29) is 11.4 Å². The summed E-state index contributed by atoms with van der Waals surface area (Å²) in [5.74, 6) is 0.671. The molecule has 7 heteroatoms. The summed E-state index contributed by atoms with van der Waals surface area (Å²) in [5.41, 5.74) is 10.9. The van der Waals surface area contributed by atoms with E-state index in [2.05, 4.69) is 17.1 Å². The van der Waals surface area contributed by atoms with Crippen molar-refractivity contribution in [3.05, 3.63) is 75.7 Å². The molecule has 3 aromatic rings. The minimum absolute atomic E-state index is 0.102. The lowest BCUT2D eigenvalue weighted by atomic mass is 9.96. The third-order valence-corrected chi connectivity index (χ3v) is 5.50. The molecule has 2 N–H and O–H groups in total. The summed E-state index contributed by atoms with van der Waals surface area (Å²) in [6.07, 6.45) is 1.80. The number of nitriles is 2. The van der Waals surface area contributed by atoms with Gasteiger partial charge in [0.05, 0.1) is 29.5 Å². The number of carbonyl (C=O) groups is 1. The molecule has 0 amide bonds. The molecule has 0 fully saturated rings. The van der Waals surface area contributed by atoms with Crippen LogP contribution in [-0.4, -0.2) is 18.1 Å². The van der Waals surface area contributed by atoms with Crippen LogP contribution >= 0.6 is 0 Å². The summed E-state index contributed by atoms with van der Waals surface area (Å²) in [6.45, 7) is 3.61. The number of fused-ring (bicyclic) bond motifs is 1. The molecule has 1 aliphatic rings. The van der Waals surface area contributed by atoms with Crippen LogP contribution in [0.4, 0.5) is 5.82 Å². The summed E-state index contributed by atoms with van der Waals surface area (Å²) in [6, 6.07) is 14.8. The number of ether oxygens (including phenoxy) is 1. The number of hydrogen-bond donors (Lipinski definition) is 1. The Bertz CT molecular complexity index is 1430. The van der Waals surface area contributed by atoms with Crippen LogP contribution in [-0.2, 0) is 4.74 Å². The lowest BCUT2D eigenvalue weighted by Crippen LogP contribution is -2.03. The van der Waals surface area contributed by atoms with Crippen LogP contribution in [0, 0.1) is 29.6 Å². The number of anilines is 1. The molecule has 0 aliphatic heterocycles. The number of esters is 1. The van der Waals surface area contributed by atoms with Crippen molar-refractivity contribution in [3.8, 4) is 23.5 Å². The third-order valence-electron chi connectivity index (χ3n) is 5.50. The monoisotopic (exact) mass is 422 g/mol. The number of furan rings is 1. The number of nitrogen functional groups attached to an aromatic ring is 1. The SMILES string of the molecule is COC(=O)c1ccccc1-c1ccc(/C=C2/C(C)=C(C#N)c3nc(N)c(C#N)c(C)c32)o1. The van der Waals surface area contributed by atoms with Crippen molar-refractivity contribution in [1.82, 2.24) is 4.98 Å². The van der Waals surface area contributed by atoms with Gasteiger partial charge in [-0.15, -0.1) is 0 Å². The fourth-order valence-electron chi connectivity index (χ4n) is 3.90. The molecule has 0 atom stereocenters. The van der Waals surface area contributed by atoms with Crippen molar-refractivity contribution in [2.45, 2.75) is 13.8 Å². The van der Waals surface area contributed by atoms with Crippen LogP contribution in [0.5, 0.6) is 0 Å². The lowest BCUT2D eigenvalue weighted by Gasteiger charge is -2.10. The highest BCUT2D eigenvalue weighted by atomic mass is 16.5. The predicted molar refractivity (Wildman–Crippen MR) is 120 cm³/mol. The van der Waals surface area contributed by atoms with Crippen LogP contribution in [0.3, 0.4) is 0 Å². The first-order valence-electron chi connectivity index (χ1n) is 9.72. The average molecular weight is 422 g/mol. The molecule has 0 bridgehead atoms. The quantitative estimate of drug-likeness (QED) is 0.604. The van der Waals surface area contributed by atoms with Gasteiger partial charge >= 0.3 is 5.97 Å². The molecule has 0 spiro atoms. The van der Waals surface area contributed by atoms with Crippen molar-refractivity contribution in [1.29, 1.82) is 10.5 Å². The molecule has 32 heavy (non-hydrogen) atoms. The molecular formula is C25H18N4O3. The zero-order chi connectivity index (χ0) is 23.0. The number of aromatic nitrogens is 1. The smallest absolute Gasteiger partial charge is 0.338 e. The van der Waals surface area contributed by atoms with E-state index in [9.17, 15) is 15.3 Å². The predicted octanol–water partition coefficient (Wildman–Crippen LogP) is 4.74. The Kier molecular flexibility index (Phi) is 5.10. The molecule has 0 radical (unpaired) electrons. The fraction of sp³-hybridized carbons (Fsp3) is 0.120. The third kappa shape index (κ3) is 3.13. The number of nitrogens with zero attached hydrogens (tertiary/aromatic N) is 3. The first kappa shape index (κ1) is 20.6. The summed E-state index contributed by atoms with van der Waals surface area (Å²) in [7, 11) is 1.33. The largest absolute Gasteiger partial charge is 0.465 e. The van der Waals surface area contributed by atoms with Gasteiger partial charge in [-0.3, -0.25) is 0 Å². The number of allylic oxidation sites excluding steroid dienone is 3. The van der Waals surface area contributed by atoms with Crippen LogP contribution in [0.25, 0.3) is 28.5 Å². The van der Waals surface area contributed by atoms with Gasteiger partial charge < -0.3 is 14.9 Å². The normalized spacial score (nSPS) is 13.6. The second kappa shape index (κ2) is 7.90. The summed E-state index contributed by atoms with van der Waals surface area (Å²) < 4.78 is 10.9. The van der Waals surface area contributed by atoms with Crippen molar-refractivity contribution >= 4 is 29.0 Å². The second-order valence-corrected chi connectivity index (χ2v) is 7.24. The van der Waals surface area contributed by atoms with E-state index in [1.165, 1.54) is 7.11 Å². The van der Waals surface area contributed by atoms with Crippen LogP contribution < -0.4 is 5.73 Å². The number of hydrogen-bond acceptors (Lipinski definition) is 7. The van der Waals surface area contributed by atoms with Gasteiger partial charge in [0.25, 0.3) is 0 Å². The molecule has 156 valence electrons. The van der Waals surface area contributed by atoms with Gasteiger partial charge in [0, 0.05) is 11.1 Å².